The Morgan fingerprint density at radius 1 is 1.33 bits per heavy atom. The minimum Gasteiger partial charge on any atom is -0.369 e. The SMILES string of the molecule is CNCC(C)C(=O)Nc1ccc(CN2CCCC(C(N)=O)C2)cc1. The van der Waals surface area contributed by atoms with Crippen molar-refractivity contribution in [1.29, 1.82) is 0 Å². The summed E-state index contributed by atoms with van der Waals surface area (Å²) in [6, 6.07) is 7.89. The van der Waals surface area contributed by atoms with Crippen LogP contribution in [0.15, 0.2) is 24.3 Å². The van der Waals surface area contributed by atoms with Gasteiger partial charge >= 0.3 is 0 Å². The number of hydrogen-bond donors (Lipinski definition) is 3. The van der Waals surface area contributed by atoms with E-state index in [1.807, 2.05) is 38.2 Å². The zero-order valence-corrected chi connectivity index (χ0v) is 14.5. The van der Waals surface area contributed by atoms with Crippen LogP contribution in [0.1, 0.15) is 25.3 Å². The molecule has 0 radical (unpaired) electrons. The van der Waals surface area contributed by atoms with Crippen LogP contribution in [0, 0.1) is 11.8 Å². The van der Waals surface area contributed by atoms with Crippen molar-refractivity contribution in [2.75, 3.05) is 32.0 Å². The lowest BCUT2D eigenvalue weighted by molar-refractivity contribution is -0.123. The second kappa shape index (κ2) is 8.80. The molecule has 1 saturated heterocycles. The molecule has 2 amide bonds. The van der Waals surface area contributed by atoms with Crippen molar-refractivity contribution in [2.24, 2.45) is 17.6 Å². The largest absolute Gasteiger partial charge is 0.369 e. The van der Waals surface area contributed by atoms with E-state index in [1.54, 1.807) is 0 Å². The molecule has 1 aliphatic rings. The van der Waals surface area contributed by atoms with Gasteiger partial charge in [0.2, 0.25) is 11.8 Å². The summed E-state index contributed by atoms with van der Waals surface area (Å²) in [6.45, 7) is 5.07. The summed E-state index contributed by atoms with van der Waals surface area (Å²) in [7, 11) is 1.84. The number of primary amides is 1. The molecule has 6 heteroatoms. The molecular weight excluding hydrogens is 304 g/mol. The number of likely N-dealkylation sites (tertiary alicyclic amines) is 1. The predicted octanol–water partition coefficient (Wildman–Crippen LogP) is 1.18. The number of carbonyl (C=O) groups excluding carboxylic acids is 2. The van der Waals surface area contributed by atoms with Gasteiger partial charge < -0.3 is 16.4 Å². The molecule has 2 rings (SSSR count). The number of anilines is 1. The summed E-state index contributed by atoms with van der Waals surface area (Å²) in [4.78, 5) is 25.6. The van der Waals surface area contributed by atoms with Gasteiger partial charge in [-0.25, -0.2) is 0 Å². The van der Waals surface area contributed by atoms with Crippen LogP contribution in [0.4, 0.5) is 5.69 Å². The molecule has 0 bridgehead atoms. The van der Waals surface area contributed by atoms with E-state index in [1.165, 1.54) is 5.56 Å². The molecule has 0 aromatic heterocycles. The maximum atomic E-state index is 12.0. The molecule has 1 aromatic rings. The second-order valence-corrected chi connectivity index (χ2v) is 6.62. The summed E-state index contributed by atoms with van der Waals surface area (Å²) < 4.78 is 0. The summed E-state index contributed by atoms with van der Waals surface area (Å²) in [5.41, 5.74) is 7.40. The first-order valence-electron chi connectivity index (χ1n) is 8.55. The molecule has 1 heterocycles. The molecular formula is C18H28N4O2. The maximum absolute atomic E-state index is 12.0. The number of nitrogens with two attached hydrogens (primary N) is 1. The Kier molecular flexibility index (Phi) is 6.75. The molecule has 24 heavy (non-hydrogen) atoms. The van der Waals surface area contributed by atoms with E-state index in [4.69, 9.17) is 5.73 Å². The topological polar surface area (TPSA) is 87.5 Å². The maximum Gasteiger partial charge on any atom is 0.228 e. The number of hydrogen-bond acceptors (Lipinski definition) is 4. The van der Waals surface area contributed by atoms with Gasteiger partial charge in [0.05, 0.1) is 5.92 Å². The Morgan fingerprint density at radius 2 is 2.04 bits per heavy atom. The number of nitrogens with zero attached hydrogens (tertiary/aromatic N) is 1. The summed E-state index contributed by atoms with van der Waals surface area (Å²) >= 11 is 0. The van der Waals surface area contributed by atoms with Gasteiger partial charge in [0.25, 0.3) is 0 Å². The number of nitrogens with one attached hydrogen (secondary N) is 2. The zero-order valence-electron chi connectivity index (χ0n) is 14.5. The lowest BCUT2D eigenvalue weighted by Crippen LogP contribution is -2.40. The molecule has 0 spiro atoms. The van der Waals surface area contributed by atoms with Crippen LogP contribution in [0.5, 0.6) is 0 Å². The van der Waals surface area contributed by atoms with Crippen molar-refractivity contribution in [3.63, 3.8) is 0 Å². The number of benzene rings is 1. The first-order valence-corrected chi connectivity index (χ1v) is 8.55. The summed E-state index contributed by atoms with van der Waals surface area (Å²) in [5, 5.41) is 5.93. The Hall–Kier alpha value is -1.92. The quantitative estimate of drug-likeness (QED) is 0.700. The Bertz CT molecular complexity index is 559. The Morgan fingerprint density at radius 3 is 2.67 bits per heavy atom. The van der Waals surface area contributed by atoms with E-state index in [0.29, 0.717) is 6.54 Å². The van der Waals surface area contributed by atoms with Crippen LogP contribution in [0.25, 0.3) is 0 Å². The van der Waals surface area contributed by atoms with E-state index < -0.39 is 0 Å². The number of carbonyl (C=O) groups is 2. The van der Waals surface area contributed by atoms with Crippen molar-refractivity contribution < 1.29 is 9.59 Å². The lowest BCUT2D eigenvalue weighted by atomic mass is 9.97. The minimum atomic E-state index is -0.201. The highest BCUT2D eigenvalue weighted by Crippen LogP contribution is 2.19. The Labute approximate surface area is 143 Å². The average molecular weight is 332 g/mol. The molecule has 2 atom stereocenters. The fourth-order valence-electron chi connectivity index (χ4n) is 3.05. The minimum absolute atomic E-state index is 0.0115. The fraction of sp³-hybridized carbons (Fsp3) is 0.556. The van der Waals surface area contributed by atoms with Crippen molar-refractivity contribution in [3.05, 3.63) is 29.8 Å². The number of piperidine rings is 1. The van der Waals surface area contributed by atoms with E-state index in [2.05, 4.69) is 15.5 Å². The molecule has 1 fully saturated rings. The van der Waals surface area contributed by atoms with Gasteiger partial charge in [-0.2, -0.15) is 0 Å². The molecule has 2 unspecified atom stereocenters. The van der Waals surface area contributed by atoms with Crippen molar-refractivity contribution >= 4 is 17.5 Å². The summed E-state index contributed by atoms with van der Waals surface area (Å²) in [6.07, 6.45) is 1.90. The highest BCUT2D eigenvalue weighted by atomic mass is 16.2. The smallest absolute Gasteiger partial charge is 0.228 e. The van der Waals surface area contributed by atoms with E-state index in [0.717, 1.165) is 38.2 Å². The van der Waals surface area contributed by atoms with Gasteiger partial charge in [0.15, 0.2) is 0 Å². The van der Waals surface area contributed by atoms with Crippen LogP contribution in [-0.2, 0) is 16.1 Å². The zero-order chi connectivity index (χ0) is 17.5. The highest BCUT2D eigenvalue weighted by Gasteiger charge is 2.23. The summed E-state index contributed by atoms with van der Waals surface area (Å²) in [5.74, 6) is -0.300. The normalized spacial score (nSPS) is 19.7. The van der Waals surface area contributed by atoms with Crippen LogP contribution in [0.3, 0.4) is 0 Å². The number of amides is 2. The second-order valence-electron chi connectivity index (χ2n) is 6.62. The van der Waals surface area contributed by atoms with Crippen molar-refractivity contribution in [1.82, 2.24) is 10.2 Å². The van der Waals surface area contributed by atoms with Crippen LogP contribution < -0.4 is 16.4 Å². The van der Waals surface area contributed by atoms with E-state index in [-0.39, 0.29) is 23.7 Å². The molecule has 1 aromatic carbocycles. The molecule has 1 aliphatic heterocycles. The molecule has 132 valence electrons. The van der Waals surface area contributed by atoms with Crippen LogP contribution in [0.2, 0.25) is 0 Å². The standard InChI is InChI=1S/C18H28N4O2/c1-13(10-20-2)18(24)21-16-7-5-14(6-8-16)11-22-9-3-4-15(12-22)17(19)23/h5-8,13,15,20H,3-4,9-12H2,1-2H3,(H2,19,23)(H,21,24). The van der Waals surface area contributed by atoms with Crippen LogP contribution in [-0.4, -0.2) is 43.4 Å². The molecule has 0 saturated carbocycles. The van der Waals surface area contributed by atoms with Gasteiger partial charge in [0.1, 0.15) is 0 Å². The van der Waals surface area contributed by atoms with Gasteiger partial charge in [-0.3, -0.25) is 14.5 Å². The third kappa shape index (κ3) is 5.32. The fourth-order valence-corrected chi connectivity index (χ4v) is 3.05. The third-order valence-corrected chi connectivity index (χ3v) is 4.49. The van der Waals surface area contributed by atoms with E-state index >= 15 is 0 Å². The van der Waals surface area contributed by atoms with Crippen molar-refractivity contribution in [3.8, 4) is 0 Å². The van der Waals surface area contributed by atoms with Gasteiger partial charge in [0, 0.05) is 31.2 Å². The van der Waals surface area contributed by atoms with E-state index in [9.17, 15) is 9.59 Å². The van der Waals surface area contributed by atoms with Gasteiger partial charge in [-0.05, 0) is 44.1 Å². The van der Waals surface area contributed by atoms with Crippen LogP contribution >= 0.6 is 0 Å². The highest BCUT2D eigenvalue weighted by molar-refractivity contribution is 5.92. The predicted molar refractivity (Wildman–Crippen MR) is 95.4 cm³/mol. The average Bonchev–Trinajstić information content (AvgIpc) is 2.57. The Balaban J connectivity index is 1.88. The lowest BCUT2D eigenvalue weighted by Gasteiger charge is -2.31. The monoisotopic (exact) mass is 332 g/mol. The molecule has 4 N–H and O–H groups in total. The number of rotatable bonds is 7. The first kappa shape index (κ1) is 18.4. The van der Waals surface area contributed by atoms with Crippen molar-refractivity contribution in [2.45, 2.75) is 26.3 Å². The third-order valence-electron chi connectivity index (χ3n) is 4.49. The molecule has 6 nitrogen and oxygen atoms in total. The van der Waals surface area contributed by atoms with Gasteiger partial charge in [-0.1, -0.05) is 19.1 Å². The molecule has 0 aliphatic carbocycles. The first-order chi connectivity index (χ1) is 11.5. The van der Waals surface area contributed by atoms with Gasteiger partial charge in [-0.15, -0.1) is 0 Å².